The number of hydrogen-bond donors (Lipinski definition) is 0. The number of benzene rings is 1. The Morgan fingerprint density at radius 2 is 2.14 bits per heavy atom. The van der Waals surface area contributed by atoms with Gasteiger partial charge in [-0.1, -0.05) is 24.8 Å². The highest BCUT2D eigenvalue weighted by Gasteiger charge is 2.43. The number of nitro groups is 1. The Morgan fingerprint density at radius 1 is 1.41 bits per heavy atom. The van der Waals surface area contributed by atoms with E-state index in [9.17, 15) is 19.7 Å². The zero-order valence-electron chi connectivity index (χ0n) is 16.4. The molecule has 0 aromatic heterocycles. The van der Waals surface area contributed by atoms with E-state index in [1.54, 1.807) is 13.0 Å². The molecule has 1 aromatic carbocycles. The number of methoxy groups -OCH3 is 1. The molecule has 0 fully saturated rings. The monoisotopic (exact) mass is 418 g/mol. The van der Waals surface area contributed by atoms with Crippen LogP contribution in [0.2, 0.25) is 0 Å². The van der Waals surface area contributed by atoms with E-state index in [0.717, 1.165) is 0 Å². The van der Waals surface area contributed by atoms with Crippen LogP contribution in [0, 0.1) is 16.0 Å². The van der Waals surface area contributed by atoms with E-state index in [2.05, 4.69) is 11.6 Å². The number of ether oxygens (including phenoxy) is 2. The zero-order valence-corrected chi connectivity index (χ0v) is 17.2. The van der Waals surface area contributed by atoms with Crippen LogP contribution in [0.15, 0.2) is 53.2 Å². The summed E-state index contributed by atoms with van der Waals surface area (Å²) in [7, 11) is 1.25. The number of hydrogen-bond acceptors (Lipinski definition) is 8. The number of non-ortho nitro benzene ring substituents is 1. The Kier molecular flexibility index (Phi) is 7.72. The van der Waals surface area contributed by atoms with Gasteiger partial charge < -0.3 is 9.47 Å². The first-order chi connectivity index (χ1) is 13.8. The molecule has 1 aliphatic rings. The van der Waals surface area contributed by atoms with E-state index in [-0.39, 0.29) is 17.9 Å². The molecule has 0 radical (unpaired) electrons. The predicted molar refractivity (Wildman–Crippen MR) is 111 cm³/mol. The Bertz CT molecular complexity index is 893. The van der Waals surface area contributed by atoms with Crippen molar-refractivity contribution in [1.29, 1.82) is 0 Å². The minimum absolute atomic E-state index is 0.0118. The second kappa shape index (κ2) is 10.0. The van der Waals surface area contributed by atoms with Gasteiger partial charge in [0.2, 0.25) is 0 Å². The van der Waals surface area contributed by atoms with Gasteiger partial charge in [0.1, 0.15) is 12.5 Å². The number of rotatable bonds is 8. The van der Waals surface area contributed by atoms with Crippen molar-refractivity contribution in [3.8, 4) is 0 Å². The van der Waals surface area contributed by atoms with Gasteiger partial charge in [0.25, 0.3) is 5.69 Å². The summed E-state index contributed by atoms with van der Waals surface area (Å²) in [5, 5.41) is 11.3. The van der Waals surface area contributed by atoms with E-state index < -0.39 is 28.7 Å². The molecule has 0 saturated heterocycles. The number of nitrogens with zero attached hydrogens (tertiary/aromatic N) is 2. The lowest BCUT2D eigenvalue weighted by Crippen LogP contribution is -2.36. The first kappa shape index (κ1) is 22.4. The number of aliphatic imine (C=N–C) groups is 1. The molecule has 1 heterocycles. The molecular formula is C20H22N2O6S. The Hall–Kier alpha value is -2.94. The van der Waals surface area contributed by atoms with Gasteiger partial charge in [-0.2, -0.15) is 11.8 Å². The molecule has 2 rings (SSSR count). The van der Waals surface area contributed by atoms with Crippen LogP contribution in [0.3, 0.4) is 0 Å². The lowest BCUT2D eigenvalue weighted by Gasteiger charge is -2.31. The summed E-state index contributed by atoms with van der Waals surface area (Å²) in [4.78, 5) is 40.7. The van der Waals surface area contributed by atoms with Crippen molar-refractivity contribution in [1.82, 2.24) is 0 Å². The van der Waals surface area contributed by atoms with Crippen molar-refractivity contribution in [2.45, 2.75) is 12.8 Å². The van der Waals surface area contributed by atoms with Crippen LogP contribution in [-0.2, 0) is 19.1 Å². The second-order valence-corrected chi connectivity index (χ2v) is 7.13. The number of nitro benzene ring substituents is 1. The van der Waals surface area contributed by atoms with E-state index in [4.69, 9.17) is 9.47 Å². The second-order valence-electron chi connectivity index (χ2n) is 6.26. The average Bonchev–Trinajstić information content (AvgIpc) is 2.71. The van der Waals surface area contributed by atoms with Crippen molar-refractivity contribution < 1.29 is 24.0 Å². The quantitative estimate of drug-likeness (QED) is 0.276. The Labute approximate surface area is 172 Å². The molecule has 29 heavy (non-hydrogen) atoms. The van der Waals surface area contributed by atoms with Crippen molar-refractivity contribution >= 4 is 35.1 Å². The van der Waals surface area contributed by atoms with Crippen molar-refractivity contribution in [3.63, 3.8) is 0 Å². The fraction of sp³-hybridized carbons (Fsp3) is 0.350. The van der Waals surface area contributed by atoms with Crippen LogP contribution in [0.1, 0.15) is 18.4 Å². The summed E-state index contributed by atoms with van der Waals surface area (Å²) in [6, 6.07) is 5.87. The van der Waals surface area contributed by atoms with Gasteiger partial charge in [-0.15, -0.1) is 0 Å². The maximum absolute atomic E-state index is 12.9. The highest BCUT2D eigenvalue weighted by atomic mass is 32.2. The molecule has 0 saturated carbocycles. The maximum atomic E-state index is 12.9. The van der Waals surface area contributed by atoms with E-state index in [1.807, 2.05) is 6.26 Å². The summed E-state index contributed by atoms with van der Waals surface area (Å²) >= 11 is 1.46. The van der Waals surface area contributed by atoms with Crippen LogP contribution in [0.4, 0.5) is 5.69 Å². The van der Waals surface area contributed by atoms with Gasteiger partial charge in [0.05, 0.1) is 23.3 Å². The SMILES string of the molecule is C=CCOC(=O)C1=C(CSC)N=C(C)C(C(=O)OC)C1c1cccc([N+](=O)[O-])c1. The van der Waals surface area contributed by atoms with Gasteiger partial charge in [-0.25, -0.2) is 4.79 Å². The third-order valence-corrected chi connectivity index (χ3v) is 5.01. The molecule has 1 aliphatic heterocycles. The molecule has 9 heteroatoms. The summed E-state index contributed by atoms with van der Waals surface area (Å²) in [5.41, 5.74) is 1.44. The fourth-order valence-corrected chi connectivity index (χ4v) is 3.75. The molecule has 0 amide bonds. The molecule has 1 aromatic rings. The molecule has 2 unspecified atom stereocenters. The lowest BCUT2D eigenvalue weighted by molar-refractivity contribution is -0.384. The van der Waals surface area contributed by atoms with Gasteiger partial charge >= 0.3 is 11.9 Å². The normalized spacial score (nSPS) is 18.7. The minimum Gasteiger partial charge on any atom is -0.468 e. The summed E-state index contributed by atoms with van der Waals surface area (Å²) in [6.07, 6.45) is 3.30. The molecule has 0 aliphatic carbocycles. The Morgan fingerprint density at radius 3 is 2.72 bits per heavy atom. The first-order valence-electron chi connectivity index (χ1n) is 8.73. The van der Waals surface area contributed by atoms with Crippen molar-refractivity contribution in [2.24, 2.45) is 10.9 Å². The molecule has 2 atom stereocenters. The van der Waals surface area contributed by atoms with Gasteiger partial charge in [-0.3, -0.25) is 19.9 Å². The Balaban J connectivity index is 2.73. The van der Waals surface area contributed by atoms with Crippen molar-refractivity contribution in [3.05, 3.63) is 63.9 Å². The minimum atomic E-state index is -0.904. The summed E-state index contributed by atoms with van der Waals surface area (Å²) < 4.78 is 10.2. The topological polar surface area (TPSA) is 108 Å². The fourth-order valence-electron chi connectivity index (χ4n) is 3.26. The number of esters is 2. The maximum Gasteiger partial charge on any atom is 0.336 e. The van der Waals surface area contributed by atoms with Crippen LogP contribution in [-0.4, -0.2) is 48.3 Å². The average molecular weight is 418 g/mol. The first-order valence-corrected chi connectivity index (χ1v) is 10.1. The molecule has 0 spiro atoms. The third-order valence-electron chi connectivity index (χ3n) is 4.45. The van der Waals surface area contributed by atoms with Crippen LogP contribution in [0.5, 0.6) is 0 Å². The molecular weight excluding hydrogens is 396 g/mol. The van der Waals surface area contributed by atoms with E-state index in [1.165, 1.54) is 43.1 Å². The van der Waals surface area contributed by atoms with E-state index >= 15 is 0 Å². The van der Waals surface area contributed by atoms with Crippen LogP contribution in [0.25, 0.3) is 0 Å². The number of thioether (sulfide) groups is 1. The van der Waals surface area contributed by atoms with Gasteiger partial charge in [-0.05, 0) is 18.7 Å². The van der Waals surface area contributed by atoms with Crippen LogP contribution < -0.4 is 0 Å². The van der Waals surface area contributed by atoms with Gasteiger partial charge in [0, 0.05) is 29.5 Å². The highest BCUT2D eigenvalue weighted by molar-refractivity contribution is 7.98. The standard InChI is InChI=1S/C20H22N2O6S/c1-5-9-28-20(24)18-15(11-29-4)21-12(2)16(19(23)27-3)17(18)13-7-6-8-14(10-13)22(25)26/h5-8,10,16-17H,1,9,11H2,2-4H3. The largest absolute Gasteiger partial charge is 0.468 e. The van der Waals surface area contributed by atoms with E-state index in [0.29, 0.717) is 22.7 Å². The summed E-state index contributed by atoms with van der Waals surface area (Å²) in [5.74, 6) is -2.54. The predicted octanol–water partition coefficient (Wildman–Crippen LogP) is 3.29. The van der Waals surface area contributed by atoms with Crippen LogP contribution >= 0.6 is 11.8 Å². The highest BCUT2D eigenvalue weighted by Crippen LogP contribution is 2.41. The van der Waals surface area contributed by atoms with Gasteiger partial charge in [0.15, 0.2) is 0 Å². The lowest BCUT2D eigenvalue weighted by atomic mass is 9.75. The molecule has 0 N–H and O–H groups in total. The molecule has 8 nitrogen and oxygen atoms in total. The molecule has 154 valence electrons. The zero-order chi connectivity index (χ0) is 21.6. The number of carbonyl (C=O) groups excluding carboxylic acids is 2. The smallest absolute Gasteiger partial charge is 0.336 e. The summed E-state index contributed by atoms with van der Waals surface area (Å²) in [6.45, 7) is 5.20. The molecule has 0 bridgehead atoms. The number of carbonyl (C=O) groups is 2. The third kappa shape index (κ3) is 4.92. The van der Waals surface area contributed by atoms with Crippen molar-refractivity contribution in [2.75, 3.05) is 25.7 Å².